The maximum atomic E-state index is 13.2. The Morgan fingerprint density at radius 1 is 1.08 bits per heavy atom. The number of benzene rings is 3. The molecule has 188 valence electrons. The maximum absolute atomic E-state index is 13.2. The van der Waals surface area contributed by atoms with Gasteiger partial charge in [-0.3, -0.25) is 19.6 Å². The van der Waals surface area contributed by atoms with Crippen LogP contribution in [-0.2, 0) is 24.1 Å². The minimum Gasteiger partial charge on any atom is -0.507 e. The molecule has 7 nitrogen and oxygen atoms in total. The van der Waals surface area contributed by atoms with E-state index in [-0.39, 0.29) is 34.8 Å². The van der Waals surface area contributed by atoms with Gasteiger partial charge in [0.1, 0.15) is 12.3 Å². The first kappa shape index (κ1) is 24.3. The molecule has 0 fully saturated rings. The number of aromatic hydroxyl groups is 1. The molecule has 2 heterocycles. The molecule has 1 aromatic heterocycles. The second-order valence-electron chi connectivity index (χ2n) is 8.63. The molecule has 1 unspecified atom stereocenters. The van der Waals surface area contributed by atoms with E-state index in [0.717, 1.165) is 23.3 Å². The summed E-state index contributed by atoms with van der Waals surface area (Å²) in [4.78, 5) is 25.9. The van der Waals surface area contributed by atoms with E-state index >= 15 is 0 Å². The van der Waals surface area contributed by atoms with Crippen LogP contribution >= 0.6 is 0 Å². The summed E-state index contributed by atoms with van der Waals surface area (Å²) >= 11 is 0. The number of phenols is 1. The Kier molecular flexibility index (Phi) is 6.26. The second-order valence-corrected chi connectivity index (χ2v) is 8.63. The summed E-state index contributed by atoms with van der Waals surface area (Å²) in [6.07, 6.45) is -1.18. The third-order valence-electron chi connectivity index (χ3n) is 6.20. The molecule has 4 aromatic rings. The summed E-state index contributed by atoms with van der Waals surface area (Å²) in [5, 5.41) is 20.5. The van der Waals surface area contributed by atoms with Crippen LogP contribution < -0.4 is 10.6 Å². The summed E-state index contributed by atoms with van der Waals surface area (Å²) < 4.78 is 40.4. The van der Waals surface area contributed by atoms with Crippen molar-refractivity contribution in [1.82, 2.24) is 15.1 Å². The number of alkyl halides is 3. The average Bonchev–Trinajstić information content (AvgIpc) is 3.53. The molecule has 3 N–H and O–H groups in total. The van der Waals surface area contributed by atoms with Crippen LogP contribution in [0.4, 0.5) is 18.9 Å². The Bertz CT molecular complexity index is 1470. The van der Waals surface area contributed by atoms with Gasteiger partial charge in [-0.15, -0.1) is 0 Å². The standard InChI is InChI=1S/C27H21F3N4O3/c28-27(29,30)18-7-5-16(6-8-18)24-21(3-1-4-22(24)35)26(37)33-19-9-10-20-17(13-19)14-31-25(20)23(36)15-34-12-2-11-32-34/h1-13,25,31,35H,14-15H2,(H,33,37). The predicted octanol–water partition coefficient (Wildman–Crippen LogP) is 4.94. The third kappa shape index (κ3) is 4.96. The summed E-state index contributed by atoms with van der Waals surface area (Å²) in [5.74, 6) is -0.813. The highest BCUT2D eigenvalue weighted by Crippen LogP contribution is 2.36. The first-order valence-electron chi connectivity index (χ1n) is 11.4. The van der Waals surface area contributed by atoms with Crippen molar-refractivity contribution >= 4 is 17.4 Å². The Hall–Kier alpha value is -4.44. The van der Waals surface area contributed by atoms with Crippen LogP contribution in [0.2, 0.25) is 0 Å². The molecule has 0 aliphatic carbocycles. The van der Waals surface area contributed by atoms with Crippen molar-refractivity contribution in [2.75, 3.05) is 5.32 Å². The molecule has 0 radical (unpaired) electrons. The van der Waals surface area contributed by atoms with E-state index in [4.69, 9.17) is 0 Å². The number of anilines is 1. The van der Waals surface area contributed by atoms with Crippen LogP contribution in [0.5, 0.6) is 5.75 Å². The lowest BCUT2D eigenvalue weighted by molar-refractivity contribution is -0.137. The maximum Gasteiger partial charge on any atom is 0.416 e. The van der Waals surface area contributed by atoms with Crippen LogP contribution in [-0.4, -0.2) is 26.6 Å². The summed E-state index contributed by atoms with van der Waals surface area (Å²) in [6, 6.07) is 15.1. The molecule has 0 saturated heterocycles. The Morgan fingerprint density at radius 2 is 1.86 bits per heavy atom. The topological polar surface area (TPSA) is 96.3 Å². The van der Waals surface area contributed by atoms with Crippen molar-refractivity contribution < 1.29 is 27.9 Å². The molecule has 5 rings (SSSR count). The van der Waals surface area contributed by atoms with Crippen molar-refractivity contribution in [3.8, 4) is 16.9 Å². The van der Waals surface area contributed by atoms with E-state index in [0.29, 0.717) is 12.2 Å². The molecule has 1 atom stereocenters. The first-order valence-corrected chi connectivity index (χ1v) is 11.4. The number of carbonyl (C=O) groups excluding carboxylic acids is 2. The first-order chi connectivity index (χ1) is 17.7. The number of halogens is 3. The zero-order valence-corrected chi connectivity index (χ0v) is 19.3. The van der Waals surface area contributed by atoms with Gasteiger partial charge in [0.25, 0.3) is 5.91 Å². The fraction of sp³-hybridized carbons (Fsp3) is 0.148. The van der Waals surface area contributed by atoms with Gasteiger partial charge in [-0.1, -0.05) is 24.3 Å². The lowest BCUT2D eigenvalue weighted by atomic mass is 9.96. The Labute approximate surface area is 209 Å². The van der Waals surface area contributed by atoms with E-state index in [2.05, 4.69) is 15.7 Å². The molecule has 1 amide bonds. The molecule has 0 saturated carbocycles. The summed E-state index contributed by atoms with van der Waals surface area (Å²) in [6.45, 7) is 0.574. The van der Waals surface area contributed by atoms with E-state index in [1.54, 1.807) is 41.3 Å². The quantitative estimate of drug-likeness (QED) is 0.344. The van der Waals surface area contributed by atoms with Gasteiger partial charge in [-0.2, -0.15) is 18.3 Å². The van der Waals surface area contributed by atoms with Crippen molar-refractivity contribution in [1.29, 1.82) is 0 Å². The monoisotopic (exact) mass is 506 g/mol. The third-order valence-corrected chi connectivity index (χ3v) is 6.20. The second kappa shape index (κ2) is 9.55. The average molecular weight is 506 g/mol. The van der Waals surface area contributed by atoms with Crippen molar-refractivity contribution in [2.45, 2.75) is 25.3 Å². The number of hydrogen-bond donors (Lipinski definition) is 3. The van der Waals surface area contributed by atoms with Gasteiger partial charge in [-0.05, 0) is 59.2 Å². The number of aromatic nitrogens is 2. The largest absolute Gasteiger partial charge is 0.507 e. The number of ketones is 1. The number of Topliss-reactive ketones (excluding diaryl/α,β-unsaturated/α-hetero) is 1. The fourth-order valence-corrected chi connectivity index (χ4v) is 4.43. The van der Waals surface area contributed by atoms with Gasteiger partial charge in [-0.25, -0.2) is 0 Å². The number of phenolic OH excluding ortho intramolecular Hbond substituents is 1. The van der Waals surface area contributed by atoms with E-state index in [1.807, 2.05) is 0 Å². The number of fused-ring (bicyclic) bond motifs is 1. The van der Waals surface area contributed by atoms with Crippen LogP contribution in [0.1, 0.15) is 33.1 Å². The van der Waals surface area contributed by atoms with Crippen molar-refractivity contribution in [2.24, 2.45) is 0 Å². The van der Waals surface area contributed by atoms with Gasteiger partial charge in [0.05, 0.1) is 17.2 Å². The highest BCUT2D eigenvalue weighted by Gasteiger charge is 2.31. The fourth-order valence-electron chi connectivity index (χ4n) is 4.43. The van der Waals surface area contributed by atoms with Gasteiger partial charge in [0.2, 0.25) is 0 Å². The van der Waals surface area contributed by atoms with E-state index in [9.17, 15) is 27.9 Å². The Morgan fingerprint density at radius 3 is 2.57 bits per heavy atom. The molecule has 1 aliphatic heterocycles. The number of hydrogen-bond acceptors (Lipinski definition) is 5. The van der Waals surface area contributed by atoms with Crippen LogP contribution in [0.3, 0.4) is 0 Å². The molecule has 1 aliphatic rings. The van der Waals surface area contributed by atoms with E-state index in [1.165, 1.54) is 30.3 Å². The van der Waals surface area contributed by atoms with Crippen LogP contribution in [0.25, 0.3) is 11.1 Å². The number of rotatable bonds is 6. The summed E-state index contributed by atoms with van der Waals surface area (Å²) in [7, 11) is 0. The predicted molar refractivity (Wildman–Crippen MR) is 130 cm³/mol. The minimum atomic E-state index is -4.50. The lowest BCUT2D eigenvalue weighted by Gasteiger charge is -2.14. The normalized spacial score (nSPS) is 14.8. The molecule has 3 aromatic carbocycles. The highest BCUT2D eigenvalue weighted by atomic mass is 19.4. The summed E-state index contributed by atoms with van der Waals surface area (Å²) in [5.41, 5.74) is 1.83. The minimum absolute atomic E-state index is 0.0415. The molecule has 0 bridgehead atoms. The molecule has 10 heteroatoms. The number of nitrogens with one attached hydrogen (secondary N) is 2. The van der Waals surface area contributed by atoms with E-state index < -0.39 is 23.7 Å². The van der Waals surface area contributed by atoms with Crippen LogP contribution in [0.15, 0.2) is 79.1 Å². The molecular weight excluding hydrogens is 485 g/mol. The highest BCUT2D eigenvalue weighted by molar-refractivity contribution is 6.09. The molecule has 0 spiro atoms. The SMILES string of the molecule is O=C(Nc1ccc2c(c1)CNC2C(=O)Cn1cccn1)c1cccc(O)c1-c1ccc(C(F)(F)F)cc1. The van der Waals surface area contributed by atoms with Gasteiger partial charge < -0.3 is 10.4 Å². The van der Waals surface area contributed by atoms with Gasteiger partial charge in [0.15, 0.2) is 5.78 Å². The van der Waals surface area contributed by atoms with Gasteiger partial charge >= 0.3 is 6.18 Å². The number of nitrogens with zero attached hydrogens (tertiary/aromatic N) is 2. The zero-order chi connectivity index (χ0) is 26.2. The van der Waals surface area contributed by atoms with Crippen molar-refractivity contribution in [3.63, 3.8) is 0 Å². The van der Waals surface area contributed by atoms with Gasteiger partial charge in [0, 0.05) is 30.2 Å². The molecule has 37 heavy (non-hydrogen) atoms. The molecular formula is C27H21F3N4O3. The Balaban J connectivity index is 1.36. The lowest BCUT2D eigenvalue weighted by Crippen LogP contribution is -2.25. The number of carbonyl (C=O) groups is 2. The smallest absolute Gasteiger partial charge is 0.416 e. The number of amides is 1. The zero-order valence-electron chi connectivity index (χ0n) is 19.3. The van der Waals surface area contributed by atoms with Crippen LogP contribution in [0, 0.1) is 0 Å². The van der Waals surface area contributed by atoms with Crippen molar-refractivity contribution in [3.05, 3.63) is 101 Å².